The second-order valence-corrected chi connectivity index (χ2v) is 12.0. The Labute approximate surface area is 232 Å². The van der Waals surface area contributed by atoms with Crippen molar-refractivity contribution >= 4 is 8.60 Å². The fourth-order valence-corrected chi connectivity index (χ4v) is 6.66. The van der Waals surface area contributed by atoms with Crippen LogP contribution >= 0.6 is 8.60 Å². The highest BCUT2D eigenvalue weighted by molar-refractivity contribution is 7.39. The van der Waals surface area contributed by atoms with Gasteiger partial charge in [-0.3, -0.25) is 0 Å². The topological polar surface area (TPSA) is 49.7 Å². The molecule has 0 aliphatic rings. The van der Waals surface area contributed by atoms with Crippen LogP contribution in [0.5, 0.6) is 5.75 Å². The minimum absolute atomic E-state index is 0.417. The van der Waals surface area contributed by atoms with E-state index in [9.17, 15) is 9.79 Å². The molecular formula is C33H61O3P. The highest BCUT2D eigenvalue weighted by Crippen LogP contribution is 2.48. The SMILES string of the molecule is CCCCCC(CCC)c1ccc(OP(O)O)c(C(CCC)CCCCC)c1C(CCC)CCCCC. The monoisotopic (exact) mass is 536 g/mol. The van der Waals surface area contributed by atoms with Crippen LogP contribution < -0.4 is 4.52 Å². The molecule has 0 aliphatic heterocycles. The van der Waals surface area contributed by atoms with E-state index in [-0.39, 0.29) is 0 Å². The quantitative estimate of drug-likeness (QED) is 0.108. The van der Waals surface area contributed by atoms with Gasteiger partial charge in [0.25, 0.3) is 0 Å². The summed E-state index contributed by atoms with van der Waals surface area (Å²) in [5, 5.41) is 0. The first-order valence-electron chi connectivity index (χ1n) is 16.0. The maximum atomic E-state index is 9.97. The lowest BCUT2D eigenvalue weighted by atomic mass is 9.73. The van der Waals surface area contributed by atoms with Gasteiger partial charge < -0.3 is 14.3 Å². The molecule has 37 heavy (non-hydrogen) atoms. The Morgan fingerprint density at radius 3 is 1.41 bits per heavy atom. The van der Waals surface area contributed by atoms with E-state index in [1.165, 1.54) is 107 Å². The van der Waals surface area contributed by atoms with E-state index in [0.29, 0.717) is 17.8 Å². The third-order valence-electron chi connectivity index (χ3n) is 8.10. The Balaban J connectivity index is 3.83. The van der Waals surface area contributed by atoms with E-state index in [4.69, 9.17) is 4.52 Å². The summed E-state index contributed by atoms with van der Waals surface area (Å²) in [5.41, 5.74) is 4.42. The molecule has 3 nitrogen and oxygen atoms in total. The Morgan fingerprint density at radius 1 is 0.541 bits per heavy atom. The first-order valence-corrected chi connectivity index (χ1v) is 17.2. The summed E-state index contributed by atoms with van der Waals surface area (Å²) in [4.78, 5) is 19.9. The minimum atomic E-state index is -2.44. The van der Waals surface area contributed by atoms with Crippen LogP contribution in [0.1, 0.15) is 192 Å². The number of hydrogen-bond donors (Lipinski definition) is 2. The summed E-state index contributed by atoms with van der Waals surface area (Å²) in [5.74, 6) is 2.25. The van der Waals surface area contributed by atoms with Crippen LogP contribution in [0.2, 0.25) is 0 Å². The molecule has 0 heterocycles. The Bertz CT molecular complexity index is 690. The summed E-state index contributed by atoms with van der Waals surface area (Å²) in [6.07, 6.45) is 22.0. The van der Waals surface area contributed by atoms with Gasteiger partial charge in [-0.2, -0.15) is 0 Å². The fraction of sp³-hybridized carbons (Fsp3) is 0.818. The molecule has 2 N–H and O–H groups in total. The van der Waals surface area contributed by atoms with Crippen LogP contribution in [0.3, 0.4) is 0 Å². The fourth-order valence-electron chi connectivity index (χ4n) is 6.32. The largest absolute Gasteiger partial charge is 0.427 e. The van der Waals surface area contributed by atoms with Gasteiger partial charge in [0.05, 0.1) is 0 Å². The van der Waals surface area contributed by atoms with Crippen LogP contribution in [0.25, 0.3) is 0 Å². The second kappa shape index (κ2) is 21.2. The predicted molar refractivity (Wildman–Crippen MR) is 164 cm³/mol. The van der Waals surface area contributed by atoms with Crippen molar-refractivity contribution in [1.29, 1.82) is 0 Å². The minimum Gasteiger partial charge on any atom is -0.427 e. The van der Waals surface area contributed by atoms with Crippen molar-refractivity contribution in [3.05, 3.63) is 28.8 Å². The molecule has 0 aliphatic carbocycles. The van der Waals surface area contributed by atoms with Gasteiger partial charge in [0.1, 0.15) is 5.75 Å². The summed E-state index contributed by atoms with van der Waals surface area (Å²) < 4.78 is 5.84. The summed E-state index contributed by atoms with van der Waals surface area (Å²) in [6.45, 7) is 13.8. The molecule has 3 unspecified atom stereocenters. The molecule has 4 heteroatoms. The van der Waals surface area contributed by atoms with E-state index in [1.54, 1.807) is 5.56 Å². The Morgan fingerprint density at radius 2 is 0.973 bits per heavy atom. The molecular weight excluding hydrogens is 475 g/mol. The van der Waals surface area contributed by atoms with Crippen molar-refractivity contribution in [3.8, 4) is 5.75 Å². The number of benzene rings is 1. The first-order chi connectivity index (χ1) is 18.0. The molecule has 0 spiro atoms. The average molecular weight is 537 g/mol. The van der Waals surface area contributed by atoms with Crippen molar-refractivity contribution < 1.29 is 14.3 Å². The van der Waals surface area contributed by atoms with Gasteiger partial charge in [0.2, 0.25) is 0 Å². The van der Waals surface area contributed by atoms with Crippen LogP contribution in [0, 0.1) is 0 Å². The van der Waals surface area contributed by atoms with Gasteiger partial charge in [-0.05, 0) is 73.5 Å². The van der Waals surface area contributed by atoms with Crippen molar-refractivity contribution in [1.82, 2.24) is 0 Å². The maximum absolute atomic E-state index is 9.97. The van der Waals surface area contributed by atoms with E-state index < -0.39 is 8.60 Å². The van der Waals surface area contributed by atoms with Gasteiger partial charge in [-0.15, -0.1) is 0 Å². The Hall–Kier alpha value is -0.630. The third-order valence-corrected chi connectivity index (χ3v) is 8.46. The summed E-state index contributed by atoms with van der Waals surface area (Å²) in [6, 6.07) is 4.41. The van der Waals surface area contributed by atoms with Crippen LogP contribution in [-0.4, -0.2) is 9.79 Å². The highest BCUT2D eigenvalue weighted by Gasteiger charge is 2.30. The van der Waals surface area contributed by atoms with Crippen molar-refractivity contribution in [2.24, 2.45) is 0 Å². The normalized spacial score (nSPS) is 14.2. The molecule has 0 aromatic heterocycles. The molecule has 1 aromatic carbocycles. The molecule has 0 saturated carbocycles. The smallest absolute Gasteiger partial charge is 0.391 e. The molecule has 0 saturated heterocycles. The lowest BCUT2D eigenvalue weighted by Crippen LogP contribution is -2.15. The van der Waals surface area contributed by atoms with Crippen LogP contribution in [-0.2, 0) is 0 Å². The molecule has 1 aromatic rings. The summed E-state index contributed by atoms with van der Waals surface area (Å²) >= 11 is 0. The van der Waals surface area contributed by atoms with Crippen molar-refractivity contribution in [2.75, 3.05) is 0 Å². The number of rotatable bonds is 23. The van der Waals surface area contributed by atoms with Gasteiger partial charge in [-0.25, -0.2) is 0 Å². The van der Waals surface area contributed by atoms with Crippen molar-refractivity contribution in [3.63, 3.8) is 0 Å². The maximum Gasteiger partial charge on any atom is 0.391 e. The third kappa shape index (κ3) is 12.4. The molecule has 1 rings (SSSR count). The molecule has 216 valence electrons. The van der Waals surface area contributed by atoms with E-state index >= 15 is 0 Å². The zero-order valence-electron chi connectivity index (χ0n) is 25.4. The van der Waals surface area contributed by atoms with Gasteiger partial charge >= 0.3 is 8.60 Å². The lowest BCUT2D eigenvalue weighted by Gasteiger charge is -2.32. The first kappa shape index (κ1) is 34.4. The lowest BCUT2D eigenvalue weighted by molar-refractivity contribution is 0.368. The highest BCUT2D eigenvalue weighted by atomic mass is 31.2. The van der Waals surface area contributed by atoms with Gasteiger partial charge in [-0.1, -0.05) is 125 Å². The standard InChI is InChI=1S/C33H61O3P/c1-7-13-16-22-27(19-10-4)30-25-26-31(36-37(34)35)33(29(21-12-6)24-18-15-9-3)32(30)28(20-11-5)23-17-14-8-2/h25-29,34-35H,7-24H2,1-6H3. The molecule has 0 radical (unpaired) electrons. The molecule has 0 fully saturated rings. The predicted octanol–water partition coefficient (Wildman–Crippen LogP) is 11.7. The summed E-state index contributed by atoms with van der Waals surface area (Å²) in [7, 11) is -2.44. The van der Waals surface area contributed by atoms with Crippen molar-refractivity contribution in [2.45, 2.75) is 175 Å². The zero-order chi connectivity index (χ0) is 27.5. The van der Waals surface area contributed by atoms with Gasteiger partial charge in [0.15, 0.2) is 0 Å². The molecule has 0 bridgehead atoms. The second-order valence-electron chi connectivity index (χ2n) is 11.3. The van der Waals surface area contributed by atoms with Crippen LogP contribution in [0.4, 0.5) is 0 Å². The molecule has 0 amide bonds. The van der Waals surface area contributed by atoms with Crippen LogP contribution in [0.15, 0.2) is 12.1 Å². The number of unbranched alkanes of at least 4 members (excludes halogenated alkanes) is 6. The average Bonchev–Trinajstić information content (AvgIpc) is 2.87. The van der Waals surface area contributed by atoms with E-state index in [1.807, 2.05) is 0 Å². The van der Waals surface area contributed by atoms with Gasteiger partial charge in [0, 0.05) is 5.56 Å². The number of hydrogen-bond acceptors (Lipinski definition) is 3. The molecule has 3 atom stereocenters. The zero-order valence-corrected chi connectivity index (χ0v) is 26.3. The van der Waals surface area contributed by atoms with E-state index in [0.717, 1.165) is 25.0 Å². The Kier molecular flexibility index (Phi) is 19.7. The van der Waals surface area contributed by atoms with E-state index in [2.05, 4.69) is 53.7 Å².